The Morgan fingerprint density at radius 2 is 2.12 bits per heavy atom. The number of tetrazole rings is 1. The lowest BCUT2D eigenvalue weighted by molar-refractivity contribution is -0.139. The zero-order chi connectivity index (χ0) is 18.4. The van der Waals surface area contributed by atoms with Gasteiger partial charge in [-0.3, -0.25) is 9.59 Å². The molecule has 2 N–H and O–H groups in total. The van der Waals surface area contributed by atoms with Crippen LogP contribution in [0, 0.1) is 0 Å². The monoisotopic (exact) mass is 349 g/mol. The van der Waals surface area contributed by atoms with E-state index in [-0.39, 0.29) is 13.0 Å². The normalized spacial score (nSPS) is 13.1. The van der Waals surface area contributed by atoms with E-state index < -0.39 is 17.4 Å². The summed E-state index contributed by atoms with van der Waals surface area (Å²) in [6.07, 6.45) is 1.10. The highest BCUT2D eigenvalue weighted by atomic mass is 16.5. The minimum absolute atomic E-state index is 0.0566. The van der Waals surface area contributed by atoms with Gasteiger partial charge in [-0.2, -0.15) is 4.68 Å². The molecule has 0 saturated heterocycles. The summed E-state index contributed by atoms with van der Waals surface area (Å²) in [6, 6.07) is 4.73. The van der Waals surface area contributed by atoms with Crippen LogP contribution in [0.3, 0.4) is 0 Å². The standard InChI is InChI=1S/C15H19N5O5/c1-15(8-24-2,7-13(21)22)17-14(23)10-4-5-12(25-3)11(6-10)20-9-16-18-19-20/h4-6,9H,7-8H2,1-3H3,(H,17,23)(H,21,22). The fraction of sp³-hybridized carbons (Fsp3) is 0.400. The molecule has 2 aromatic rings. The van der Waals surface area contributed by atoms with Crippen molar-refractivity contribution in [1.29, 1.82) is 0 Å². The van der Waals surface area contributed by atoms with Gasteiger partial charge in [0.1, 0.15) is 17.8 Å². The maximum Gasteiger partial charge on any atom is 0.305 e. The Balaban J connectivity index is 2.30. The molecule has 0 saturated carbocycles. The second-order valence-electron chi connectivity index (χ2n) is 5.66. The number of ether oxygens (including phenoxy) is 2. The van der Waals surface area contributed by atoms with E-state index in [1.54, 1.807) is 25.1 Å². The first kappa shape index (κ1) is 18.3. The summed E-state index contributed by atoms with van der Waals surface area (Å²) < 4.78 is 11.6. The van der Waals surface area contributed by atoms with Crippen molar-refractivity contribution in [3.8, 4) is 11.4 Å². The van der Waals surface area contributed by atoms with Crippen molar-refractivity contribution in [3.63, 3.8) is 0 Å². The van der Waals surface area contributed by atoms with Crippen LogP contribution in [0.2, 0.25) is 0 Å². The van der Waals surface area contributed by atoms with E-state index in [0.29, 0.717) is 17.0 Å². The van der Waals surface area contributed by atoms with Gasteiger partial charge in [0.15, 0.2) is 0 Å². The van der Waals surface area contributed by atoms with Crippen LogP contribution < -0.4 is 10.1 Å². The Morgan fingerprint density at radius 3 is 2.68 bits per heavy atom. The first-order chi connectivity index (χ1) is 11.9. The van der Waals surface area contributed by atoms with E-state index in [1.807, 2.05) is 0 Å². The first-order valence-electron chi connectivity index (χ1n) is 7.33. The smallest absolute Gasteiger partial charge is 0.305 e. The number of hydrogen-bond donors (Lipinski definition) is 2. The van der Waals surface area contributed by atoms with Gasteiger partial charge in [-0.05, 0) is 35.5 Å². The van der Waals surface area contributed by atoms with Crippen LogP contribution in [0.15, 0.2) is 24.5 Å². The van der Waals surface area contributed by atoms with Crippen LogP contribution in [-0.2, 0) is 9.53 Å². The number of nitrogens with zero attached hydrogens (tertiary/aromatic N) is 4. The second-order valence-corrected chi connectivity index (χ2v) is 5.66. The quantitative estimate of drug-likeness (QED) is 0.695. The third-order valence-corrected chi connectivity index (χ3v) is 3.46. The highest BCUT2D eigenvalue weighted by Crippen LogP contribution is 2.23. The molecule has 1 aromatic heterocycles. The zero-order valence-electron chi connectivity index (χ0n) is 14.1. The van der Waals surface area contributed by atoms with Crippen LogP contribution in [0.5, 0.6) is 5.75 Å². The fourth-order valence-electron chi connectivity index (χ4n) is 2.41. The minimum Gasteiger partial charge on any atom is -0.494 e. The third-order valence-electron chi connectivity index (χ3n) is 3.46. The number of aliphatic carboxylic acids is 1. The lowest BCUT2D eigenvalue weighted by atomic mass is 9.98. The van der Waals surface area contributed by atoms with Gasteiger partial charge >= 0.3 is 5.97 Å². The Bertz CT molecular complexity index is 749. The van der Waals surface area contributed by atoms with Gasteiger partial charge in [0.2, 0.25) is 0 Å². The molecular weight excluding hydrogens is 330 g/mol. The summed E-state index contributed by atoms with van der Waals surface area (Å²) in [6.45, 7) is 1.66. The molecule has 2 rings (SSSR count). The number of carboxylic acid groups (broad SMARTS) is 1. The summed E-state index contributed by atoms with van der Waals surface area (Å²) >= 11 is 0. The van der Waals surface area contributed by atoms with Crippen LogP contribution in [0.4, 0.5) is 0 Å². The lowest BCUT2D eigenvalue weighted by Crippen LogP contribution is -2.50. The fourth-order valence-corrected chi connectivity index (χ4v) is 2.41. The molecule has 0 aliphatic rings. The molecule has 25 heavy (non-hydrogen) atoms. The zero-order valence-corrected chi connectivity index (χ0v) is 14.1. The molecule has 0 aliphatic heterocycles. The maximum absolute atomic E-state index is 12.6. The van der Waals surface area contributed by atoms with E-state index >= 15 is 0 Å². The lowest BCUT2D eigenvalue weighted by Gasteiger charge is -2.28. The van der Waals surface area contributed by atoms with Crippen molar-refractivity contribution in [2.75, 3.05) is 20.8 Å². The Labute approximate surface area is 143 Å². The van der Waals surface area contributed by atoms with Crippen molar-refractivity contribution in [2.45, 2.75) is 18.9 Å². The number of benzene rings is 1. The van der Waals surface area contributed by atoms with Crippen molar-refractivity contribution >= 4 is 11.9 Å². The highest BCUT2D eigenvalue weighted by molar-refractivity contribution is 5.95. The number of methoxy groups -OCH3 is 2. The van der Waals surface area contributed by atoms with Crippen LogP contribution in [0.1, 0.15) is 23.7 Å². The summed E-state index contributed by atoms with van der Waals surface area (Å²) in [5.41, 5.74) is -0.266. The number of carbonyl (C=O) groups excluding carboxylic acids is 1. The van der Waals surface area contributed by atoms with Crippen molar-refractivity contribution in [2.24, 2.45) is 0 Å². The summed E-state index contributed by atoms with van der Waals surface area (Å²) in [4.78, 5) is 23.6. The molecule has 1 heterocycles. The number of aromatic nitrogens is 4. The first-order valence-corrected chi connectivity index (χ1v) is 7.33. The molecule has 0 radical (unpaired) electrons. The molecule has 0 aliphatic carbocycles. The summed E-state index contributed by atoms with van der Waals surface area (Å²) in [5, 5.41) is 22.7. The Kier molecular flexibility index (Phi) is 5.65. The topological polar surface area (TPSA) is 128 Å². The van der Waals surface area contributed by atoms with Crippen LogP contribution in [-0.4, -0.2) is 63.6 Å². The Morgan fingerprint density at radius 1 is 1.36 bits per heavy atom. The molecule has 1 unspecified atom stereocenters. The number of amides is 1. The molecule has 1 amide bonds. The van der Waals surface area contributed by atoms with Gasteiger partial charge < -0.3 is 19.9 Å². The van der Waals surface area contributed by atoms with E-state index in [2.05, 4.69) is 20.8 Å². The van der Waals surface area contributed by atoms with E-state index in [1.165, 1.54) is 25.2 Å². The second kappa shape index (κ2) is 7.71. The number of nitrogens with one attached hydrogen (secondary N) is 1. The molecule has 0 bridgehead atoms. The molecule has 1 aromatic carbocycles. The minimum atomic E-state index is -1.05. The van der Waals surface area contributed by atoms with Crippen LogP contribution >= 0.6 is 0 Å². The SMILES string of the molecule is COCC(C)(CC(=O)O)NC(=O)c1ccc(OC)c(-n2cnnn2)c1. The average Bonchev–Trinajstić information content (AvgIpc) is 3.07. The summed E-state index contributed by atoms with van der Waals surface area (Å²) in [5.74, 6) is -1.00. The number of rotatable bonds is 8. The van der Waals surface area contributed by atoms with Crippen molar-refractivity contribution in [1.82, 2.24) is 25.5 Å². The maximum atomic E-state index is 12.6. The Hall–Kier alpha value is -3.01. The predicted molar refractivity (Wildman–Crippen MR) is 85.7 cm³/mol. The van der Waals surface area contributed by atoms with Gasteiger partial charge in [0, 0.05) is 12.7 Å². The average molecular weight is 349 g/mol. The molecule has 10 nitrogen and oxygen atoms in total. The van der Waals surface area contributed by atoms with E-state index in [9.17, 15) is 9.59 Å². The highest BCUT2D eigenvalue weighted by Gasteiger charge is 2.30. The van der Waals surface area contributed by atoms with Gasteiger partial charge in [0.25, 0.3) is 5.91 Å². The molecule has 1 atom stereocenters. The predicted octanol–water partition coefficient (Wildman–Crippen LogP) is 0.281. The third kappa shape index (κ3) is 4.51. The van der Waals surface area contributed by atoms with Gasteiger partial charge in [0.05, 0.1) is 25.7 Å². The van der Waals surface area contributed by atoms with Gasteiger partial charge in [-0.25, -0.2) is 0 Å². The van der Waals surface area contributed by atoms with E-state index in [4.69, 9.17) is 14.6 Å². The van der Waals surface area contributed by atoms with E-state index in [0.717, 1.165) is 0 Å². The molecule has 10 heteroatoms. The van der Waals surface area contributed by atoms with Crippen LogP contribution in [0.25, 0.3) is 5.69 Å². The number of carbonyl (C=O) groups is 2. The van der Waals surface area contributed by atoms with Gasteiger partial charge in [-0.1, -0.05) is 0 Å². The van der Waals surface area contributed by atoms with Crippen molar-refractivity contribution < 1.29 is 24.2 Å². The summed E-state index contributed by atoms with van der Waals surface area (Å²) in [7, 11) is 2.93. The molecule has 0 spiro atoms. The molecular formula is C15H19N5O5. The number of carboxylic acids is 1. The van der Waals surface area contributed by atoms with Crippen molar-refractivity contribution in [3.05, 3.63) is 30.1 Å². The molecule has 0 fully saturated rings. The van der Waals surface area contributed by atoms with Gasteiger partial charge in [-0.15, -0.1) is 5.10 Å². The number of hydrogen-bond acceptors (Lipinski definition) is 7. The molecule has 134 valence electrons. The largest absolute Gasteiger partial charge is 0.494 e.